The molecule has 1 aromatic heterocycles. The van der Waals surface area contributed by atoms with Gasteiger partial charge < -0.3 is 9.32 Å². The smallest absolute Gasteiger partial charge is 0.222 e. The molecule has 3 rings (SSSR count). The zero-order valence-corrected chi connectivity index (χ0v) is 14.3. The highest BCUT2D eigenvalue weighted by molar-refractivity contribution is 7.91. The molecule has 1 aliphatic carbocycles. The highest BCUT2D eigenvalue weighted by atomic mass is 32.2. The Bertz CT molecular complexity index is 609. The number of amides is 1. The third-order valence-corrected chi connectivity index (χ3v) is 7.34. The molecule has 2 aliphatic rings. The van der Waals surface area contributed by atoms with Crippen LogP contribution in [0.1, 0.15) is 50.7 Å². The van der Waals surface area contributed by atoms with Crippen molar-refractivity contribution < 1.29 is 17.6 Å². The Hall–Kier alpha value is -1.30. The van der Waals surface area contributed by atoms with Crippen LogP contribution < -0.4 is 0 Å². The fraction of sp³-hybridized carbons (Fsp3) is 0.706. The maximum atomic E-state index is 12.4. The van der Waals surface area contributed by atoms with Gasteiger partial charge in [0.2, 0.25) is 5.91 Å². The van der Waals surface area contributed by atoms with Crippen molar-refractivity contribution in [2.24, 2.45) is 5.92 Å². The SMILES string of the molecule is O=C(CC1CCCC1)N1CCC(S(=O)(=O)Cc2ccco2)CC1. The van der Waals surface area contributed by atoms with Crippen LogP contribution in [0, 0.1) is 5.92 Å². The zero-order chi connectivity index (χ0) is 16.3. The number of hydrogen-bond donors (Lipinski definition) is 0. The largest absolute Gasteiger partial charge is 0.468 e. The van der Waals surface area contributed by atoms with Gasteiger partial charge in [0.1, 0.15) is 11.5 Å². The summed E-state index contributed by atoms with van der Waals surface area (Å²) >= 11 is 0. The molecule has 0 aromatic carbocycles. The first-order chi connectivity index (χ1) is 11.0. The Morgan fingerprint density at radius 3 is 2.48 bits per heavy atom. The van der Waals surface area contributed by atoms with E-state index in [1.54, 1.807) is 12.1 Å². The van der Waals surface area contributed by atoms with Crippen LogP contribution in [0.3, 0.4) is 0 Å². The summed E-state index contributed by atoms with van der Waals surface area (Å²) in [5.74, 6) is 1.20. The van der Waals surface area contributed by atoms with Crippen molar-refractivity contribution >= 4 is 15.7 Å². The van der Waals surface area contributed by atoms with Crippen molar-refractivity contribution in [1.82, 2.24) is 4.90 Å². The van der Waals surface area contributed by atoms with Crippen molar-refractivity contribution in [3.05, 3.63) is 24.2 Å². The predicted octanol–water partition coefficient (Wildman–Crippen LogP) is 2.77. The number of likely N-dealkylation sites (tertiary alicyclic amines) is 1. The van der Waals surface area contributed by atoms with Gasteiger partial charge in [0.05, 0.1) is 11.5 Å². The lowest BCUT2D eigenvalue weighted by molar-refractivity contribution is -0.133. The van der Waals surface area contributed by atoms with Gasteiger partial charge in [-0.2, -0.15) is 0 Å². The average Bonchev–Trinajstić information content (AvgIpc) is 3.21. The number of sulfone groups is 1. The molecular formula is C17H25NO4S. The van der Waals surface area contributed by atoms with Gasteiger partial charge >= 0.3 is 0 Å². The minimum Gasteiger partial charge on any atom is -0.468 e. The van der Waals surface area contributed by atoms with E-state index in [0.717, 1.165) is 0 Å². The van der Waals surface area contributed by atoms with Crippen molar-refractivity contribution in [3.8, 4) is 0 Å². The highest BCUT2D eigenvalue weighted by Gasteiger charge is 2.32. The monoisotopic (exact) mass is 339 g/mol. The third kappa shape index (κ3) is 4.16. The molecule has 5 nitrogen and oxygen atoms in total. The Morgan fingerprint density at radius 1 is 1.17 bits per heavy atom. The molecule has 0 atom stereocenters. The predicted molar refractivity (Wildman–Crippen MR) is 87.5 cm³/mol. The molecular weight excluding hydrogens is 314 g/mol. The normalized spacial score (nSPS) is 21.0. The molecule has 1 amide bonds. The van der Waals surface area contributed by atoms with Crippen LogP contribution in [0.4, 0.5) is 0 Å². The zero-order valence-electron chi connectivity index (χ0n) is 13.4. The Kier molecular flexibility index (Phi) is 5.09. The number of carbonyl (C=O) groups is 1. The Morgan fingerprint density at radius 2 is 1.87 bits per heavy atom. The third-order valence-electron chi connectivity index (χ3n) is 5.16. The highest BCUT2D eigenvalue weighted by Crippen LogP contribution is 2.29. The molecule has 0 bridgehead atoms. The topological polar surface area (TPSA) is 67.6 Å². The van der Waals surface area contributed by atoms with Gasteiger partial charge in [0, 0.05) is 19.5 Å². The van der Waals surface area contributed by atoms with Crippen molar-refractivity contribution in [2.45, 2.75) is 55.9 Å². The number of hydrogen-bond acceptors (Lipinski definition) is 4. The lowest BCUT2D eigenvalue weighted by Crippen LogP contribution is -2.43. The van der Waals surface area contributed by atoms with E-state index in [9.17, 15) is 13.2 Å². The van der Waals surface area contributed by atoms with E-state index < -0.39 is 9.84 Å². The summed E-state index contributed by atoms with van der Waals surface area (Å²) in [4.78, 5) is 14.2. The van der Waals surface area contributed by atoms with Gasteiger partial charge in [0.15, 0.2) is 9.84 Å². The molecule has 1 saturated carbocycles. The summed E-state index contributed by atoms with van der Waals surface area (Å²) in [5, 5.41) is -0.358. The molecule has 6 heteroatoms. The summed E-state index contributed by atoms with van der Waals surface area (Å²) < 4.78 is 30.0. The van der Waals surface area contributed by atoms with E-state index in [1.807, 2.05) is 4.90 Å². The molecule has 0 radical (unpaired) electrons. The fourth-order valence-corrected chi connectivity index (χ4v) is 5.49. The Labute approximate surface area is 138 Å². The van der Waals surface area contributed by atoms with Crippen LogP contribution in [-0.2, 0) is 20.4 Å². The van der Waals surface area contributed by atoms with Gasteiger partial charge in [0.25, 0.3) is 0 Å². The van der Waals surface area contributed by atoms with Crippen LogP contribution in [0.2, 0.25) is 0 Å². The first-order valence-electron chi connectivity index (χ1n) is 8.56. The van der Waals surface area contributed by atoms with E-state index in [-0.39, 0.29) is 16.9 Å². The summed E-state index contributed by atoms with van der Waals surface area (Å²) in [5.41, 5.74) is 0. The van der Waals surface area contributed by atoms with E-state index in [2.05, 4.69) is 0 Å². The first-order valence-corrected chi connectivity index (χ1v) is 10.3. The second kappa shape index (κ2) is 7.07. The second-order valence-electron chi connectivity index (χ2n) is 6.82. The molecule has 23 heavy (non-hydrogen) atoms. The fourth-order valence-electron chi connectivity index (χ4n) is 3.77. The lowest BCUT2D eigenvalue weighted by Gasteiger charge is -2.32. The molecule has 0 spiro atoms. The molecule has 1 aromatic rings. The average molecular weight is 339 g/mol. The number of furan rings is 1. The van der Waals surface area contributed by atoms with E-state index in [4.69, 9.17) is 4.42 Å². The van der Waals surface area contributed by atoms with Crippen LogP contribution >= 0.6 is 0 Å². The molecule has 0 unspecified atom stereocenters. The van der Waals surface area contributed by atoms with Crippen LogP contribution in [0.5, 0.6) is 0 Å². The molecule has 1 saturated heterocycles. The molecule has 2 fully saturated rings. The standard InChI is InChI=1S/C17H25NO4S/c19-17(12-14-4-1-2-5-14)18-9-7-16(8-10-18)23(20,21)13-15-6-3-11-22-15/h3,6,11,14,16H,1-2,4-5,7-10,12-13H2. The van der Waals surface area contributed by atoms with E-state index >= 15 is 0 Å². The van der Waals surface area contributed by atoms with Crippen LogP contribution in [-0.4, -0.2) is 37.6 Å². The van der Waals surface area contributed by atoms with Crippen molar-refractivity contribution in [1.29, 1.82) is 0 Å². The minimum atomic E-state index is -3.21. The van der Waals surface area contributed by atoms with E-state index in [1.165, 1.54) is 31.9 Å². The van der Waals surface area contributed by atoms with Crippen LogP contribution in [0.15, 0.2) is 22.8 Å². The van der Waals surface area contributed by atoms with Gasteiger partial charge in [-0.05, 0) is 43.7 Å². The van der Waals surface area contributed by atoms with Crippen molar-refractivity contribution in [2.75, 3.05) is 13.1 Å². The summed E-state index contributed by atoms with van der Waals surface area (Å²) in [7, 11) is -3.21. The summed E-state index contributed by atoms with van der Waals surface area (Å²) in [6.07, 6.45) is 8.04. The first kappa shape index (κ1) is 16.6. The maximum Gasteiger partial charge on any atom is 0.222 e. The lowest BCUT2D eigenvalue weighted by atomic mass is 10.0. The van der Waals surface area contributed by atoms with Gasteiger partial charge in [-0.25, -0.2) is 8.42 Å². The minimum absolute atomic E-state index is 0.0410. The van der Waals surface area contributed by atoms with Gasteiger partial charge in [-0.15, -0.1) is 0 Å². The number of rotatable bonds is 5. The molecule has 0 N–H and O–H groups in total. The molecule has 128 valence electrons. The summed E-state index contributed by atoms with van der Waals surface area (Å²) in [6, 6.07) is 3.40. The van der Waals surface area contributed by atoms with E-state index in [0.29, 0.717) is 44.0 Å². The molecule has 1 aliphatic heterocycles. The summed E-state index contributed by atoms with van der Waals surface area (Å²) in [6.45, 7) is 1.13. The number of nitrogens with zero attached hydrogens (tertiary/aromatic N) is 1. The number of carbonyl (C=O) groups excluding carboxylic acids is 1. The van der Waals surface area contributed by atoms with Gasteiger partial charge in [-0.3, -0.25) is 4.79 Å². The van der Waals surface area contributed by atoms with Crippen LogP contribution in [0.25, 0.3) is 0 Å². The second-order valence-corrected chi connectivity index (χ2v) is 9.10. The number of piperidine rings is 1. The quantitative estimate of drug-likeness (QED) is 0.827. The maximum absolute atomic E-state index is 12.4. The molecule has 2 heterocycles. The Balaban J connectivity index is 1.50. The van der Waals surface area contributed by atoms with Crippen molar-refractivity contribution in [3.63, 3.8) is 0 Å². The van der Waals surface area contributed by atoms with Gasteiger partial charge in [-0.1, -0.05) is 12.8 Å².